The summed E-state index contributed by atoms with van der Waals surface area (Å²) in [7, 11) is 0. The molecule has 4 N–H and O–H groups in total. The first-order valence-electron chi connectivity index (χ1n) is 7.73. The van der Waals surface area contributed by atoms with Crippen molar-refractivity contribution in [2.24, 2.45) is 5.92 Å². The lowest BCUT2D eigenvalue weighted by molar-refractivity contribution is -0.117. The van der Waals surface area contributed by atoms with Crippen molar-refractivity contribution in [2.75, 3.05) is 19.6 Å². The van der Waals surface area contributed by atoms with E-state index in [2.05, 4.69) is 20.9 Å². The summed E-state index contributed by atoms with van der Waals surface area (Å²) in [6, 6.07) is 2.79. The normalized spacial score (nSPS) is 18.3. The molecule has 0 spiro atoms. The zero-order valence-electron chi connectivity index (χ0n) is 12.9. The second kappa shape index (κ2) is 8.99. The van der Waals surface area contributed by atoms with Gasteiger partial charge in [-0.2, -0.15) is 0 Å². The number of amides is 1. The van der Waals surface area contributed by atoms with Crippen LogP contribution in [-0.4, -0.2) is 36.7 Å². The highest BCUT2D eigenvalue weighted by molar-refractivity contribution is 6.11. The number of piperidine rings is 1. The summed E-state index contributed by atoms with van der Waals surface area (Å²) >= 11 is 0. The van der Waals surface area contributed by atoms with Gasteiger partial charge in [0.15, 0.2) is 0 Å². The van der Waals surface area contributed by atoms with E-state index in [1.54, 1.807) is 0 Å². The smallest absolute Gasteiger partial charge is 0.254 e. The Balaban J connectivity index is 1.81. The minimum absolute atomic E-state index is 0.0107. The average Bonchev–Trinajstić information content (AvgIpc) is 2.59. The zero-order chi connectivity index (χ0) is 16.5. The topological polar surface area (TPSA) is 89.9 Å². The number of pyridine rings is 1. The molecule has 0 aromatic carbocycles. The number of hydrogen-bond donors (Lipinski definition) is 4. The van der Waals surface area contributed by atoms with Gasteiger partial charge in [0.05, 0.1) is 17.8 Å². The number of carbonyl (C=O) groups excluding carboxylic acids is 1. The van der Waals surface area contributed by atoms with Crippen LogP contribution in [0, 0.1) is 17.1 Å². The molecule has 1 saturated heterocycles. The molecule has 0 radical (unpaired) electrons. The molecule has 1 unspecified atom stereocenters. The standard InChI is InChI=1S/C16H22FN5O/c17-14-4-2-6-21-15(14)11-22-16(23)13(7-18)10-20-9-12-3-1-5-19-8-12/h2,4,6-7,10,12,18-20H,1,3,5,8-9,11H2,(H,22,23)/b13-10+,18-7?. The second-order valence-corrected chi connectivity index (χ2v) is 5.48. The van der Waals surface area contributed by atoms with Crippen LogP contribution in [0.5, 0.6) is 0 Å². The molecule has 1 aliphatic rings. The largest absolute Gasteiger partial charge is 0.390 e. The summed E-state index contributed by atoms with van der Waals surface area (Å²) in [4.78, 5) is 15.9. The monoisotopic (exact) mass is 319 g/mol. The minimum atomic E-state index is -0.462. The van der Waals surface area contributed by atoms with Crippen molar-refractivity contribution in [2.45, 2.75) is 19.4 Å². The van der Waals surface area contributed by atoms with Crippen LogP contribution < -0.4 is 16.0 Å². The van der Waals surface area contributed by atoms with Gasteiger partial charge in [0.25, 0.3) is 5.91 Å². The Labute approximate surface area is 135 Å². The van der Waals surface area contributed by atoms with Crippen molar-refractivity contribution in [3.8, 4) is 0 Å². The van der Waals surface area contributed by atoms with Gasteiger partial charge in [-0.15, -0.1) is 0 Å². The van der Waals surface area contributed by atoms with E-state index in [9.17, 15) is 9.18 Å². The third-order valence-corrected chi connectivity index (χ3v) is 3.73. The van der Waals surface area contributed by atoms with Crippen LogP contribution in [0.4, 0.5) is 4.39 Å². The molecular weight excluding hydrogens is 297 g/mol. The molecule has 0 saturated carbocycles. The Morgan fingerprint density at radius 3 is 3.13 bits per heavy atom. The molecule has 1 aromatic rings. The second-order valence-electron chi connectivity index (χ2n) is 5.48. The lowest BCUT2D eigenvalue weighted by atomic mass is 10.00. The first-order chi connectivity index (χ1) is 11.2. The first-order valence-corrected chi connectivity index (χ1v) is 7.73. The van der Waals surface area contributed by atoms with Crippen LogP contribution in [0.3, 0.4) is 0 Å². The Hall–Kier alpha value is -2.28. The van der Waals surface area contributed by atoms with Crippen molar-refractivity contribution in [3.63, 3.8) is 0 Å². The predicted molar refractivity (Wildman–Crippen MR) is 86.5 cm³/mol. The molecule has 1 aliphatic heterocycles. The number of halogens is 1. The summed E-state index contributed by atoms with van der Waals surface area (Å²) in [5, 5.41) is 16.3. The maximum absolute atomic E-state index is 13.4. The molecule has 2 rings (SSSR count). The van der Waals surface area contributed by atoms with Gasteiger partial charge in [-0.05, 0) is 44.0 Å². The van der Waals surface area contributed by atoms with E-state index in [0.717, 1.165) is 38.7 Å². The van der Waals surface area contributed by atoms with E-state index >= 15 is 0 Å². The van der Waals surface area contributed by atoms with Gasteiger partial charge in [0.2, 0.25) is 0 Å². The van der Waals surface area contributed by atoms with Crippen molar-refractivity contribution >= 4 is 12.1 Å². The first kappa shape index (κ1) is 17.1. The SMILES string of the molecule is N=C/C(=C\NCC1CCCNC1)C(=O)NCc1ncccc1F. The fourth-order valence-electron chi connectivity index (χ4n) is 2.42. The third kappa shape index (κ3) is 5.45. The summed E-state index contributed by atoms with van der Waals surface area (Å²) in [5.74, 6) is -0.368. The van der Waals surface area contributed by atoms with Crippen LogP contribution in [0.1, 0.15) is 18.5 Å². The van der Waals surface area contributed by atoms with E-state index < -0.39 is 11.7 Å². The van der Waals surface area contributed by atoms with E-state index in [-0.39, 0.29) is 17.8 Å². The average molecular weight is 319 g/mol. The third-order valence-electron chi connectivity index (χ3n) is 3.73. The Kier molecular flexibility index (Phi) is 6.68. The van der Waals surface area contributed by atoms with Crippen LogP contribution in [0.25, 0.3) is 0 Å². The van der Waals surface area contributed by atoms with Gasteiger partial charge in [-0.25, -0.2) is 4.39 Å². The molecule has 23 heavy (non-hydrogen) atoms. The molecule has 0 aliphatic carbocycles. The number of aromatic nitrogens is 1. The maximum Gasteiger partial charge on any atom is 0.254 e. The molecule has 1 fully saturated rings. The van der Waals surface area contributed by atoms with Crippen LogP contribution in [0.15, 0.2) is 30.1 Å². The Bertz CT molecular complexity index is 569. The molecule has 1 amide bonds. The van der Waals surface area contributed by atoms with E-state index in [4.69, 9.17) is 5.41 Å². The van der Waals surface area contributed by atoms with Crippen LogP contribution >= 0.6 is 0 Å². The predicted octanol–water partition coefficient (Wildman–Crippen LogP) is 0.960. The number of rotatable bonds is 7. The number of carbonyl (C=O) groups is 1. The summed E-state index contributed by atoms with van der Waals surface area (Å²) in [6.07, 6.45) is 6.29. The van der Waals surface area contributed by atoms with E-state index in [1.165, 1.54) is 24.5 Å². The number of nitrogens with one attached hydrogen (secondary N) is 4. The van der Waals surface area contributed by atoms with E-state index in [0.29, 0.717) is 5.92 Å². The molecular formula is C16H22FN5O. The zero-order valence-corrected chi connectivity index (χ0v) is 12.9. The highest BCUT2D eigenvalue weighted by Gasteiger charge is 2.12. The minimum Gasteiger partial charge on any atom is -0.390 e. The molecule has 0 bridgehead atoms. The molecule has 1 aromatic heterocycles. The summed E-state index contributed by atoms with van der Waals surface area (Å²) in [5.41, 5.74) is 0.372. The Morgan fingerprint density at radius 1 is 1.57 bits per heavy atom. The highest BCUT2D eigenvalue weighted by atomic mass is 19.1. The number of nitrogens with zero attached hydrogens (tertiary/aromatic N) is 1. The summed E-state index contributed by atoms with van der Waals surface area (Å²) in [6.45, 7) is 2.77. The lowest BCUT2D eigenvalue weighted by Crippen LogP contribution is -2.35. The van der Waals surface area contributed by atoms with Gasteiger partial charge in [-0.1, -0.05) is 0 Å². The number of hydrogen-bond acceptors (Lipinski definition) is 5. The molecule has 6 nitrogen and oxygen atoms in total. The molecule has 124 valence electrons. The summed E-state index contributed by atoms with van der Waals surface area (Å²) < 4.78 is 13.4. The van der Waals surface area contributed by atoms with Crippen molar-refractivity contribution in [1.82, 2.24) is 20.9 Å². The van der Waals surface area contributed by atoms with Crippen molar-refractivity contribution in [3.05, 3.63) is 41.6 Å². The lowest BCUT2D eigenvalue weighted by Gasteiger charge is -2.22. The fourth-order valence-corrected chi connectivity index (χ4v) is 2.42. The van der Waals surface area contributed by atoms with Gasteiger partial charge >= 0.3 is 0 Å². The maximum atomic E-state index is 13.4. The van der Waals surface area contributed by atoms with Crippen molar-refractivity contribution < 1.29 is 9.18 Å². The Morgan fingerprint density at radius 2 is 2.43 bits per heavy atom. The van der Waals surface area contributed by atoms with E-state index in [1.807, 2.05) is 0 Å². The van der Waals surface area contributed by atoms with Gasteiger partial charge in [0.1, 0.15) is 5.82 Å². The van der Waals surface area contributed by atoms with Gasteiger partial charge in [0, 0.05) is 25.2 Å². The fraction of sp³-hybridized carbons (Fsp3) is 0.438. The van der Waals surface area contributed by atoms with Crippen molar-refractivity contribution in [1.29, 1.82) is 5.41 Å². The molecule has 1 atom stereocenters. The quantitative estimate of drug-likeness (QED) is 0.445. The van der Waals surface area contributed by atoms with Gasteiger partial charge < -0.3 is 21.4 Å². The molecule has 2 heterocycles. The van der Waals surface area contributed by atoms with Crippen LogP contribution in [0.2, 0.25) is 0 Å². The van der Waals surface area contributed by atoms with Gasteiger partial charge in [-0.3, -0.25) is 9.78 Å². The molecule has 7 heteroatoms. The van der Waals surface area contributed by atoms with Crippen LogP contribution in [-0.2, 0) is 11.3 Å². The highest BCUT2D eigenvalue weighted by Crippen LogP contribution is 2.08.